The molecule has 4 atom stereocenters. The summed E-state index contributed by atoms with van der Waals surface area (Å²) >= 11 is 0. The van der Waals surface area contributed by atoms with E-state index in [-0.39, 0.29) is 0 Å². The van der Waals surface area contributed by atoms with Crippen molar-refractivity contribution >= 4 is 0 Å². The molecule has 0 heterocycles. The van der Waals surface area contributed by atoms with Gasteiger partial charge in [0.05, 0.1) is 24.4 Å². The van der Waals surface area contributed by atoms with Crippen molar-refractivity contribution in [3.8, 4) is 0 Å². The summed E-state index contributed by atoms with van der Waals surface area (Å²) in [6.07, 6.45) is 68.9. The minimum absolute atomic E-state index is 0.410. The van der Waals surface area contributed by atoms with Crippen molar-refractivity contribution in [3.05, 3.63) is 97.2 Å². The van der Waals surface area contributed by atoms with Crippen molar-refractivity contribution in [3.63, 3.8) is 0 Å². The third-order valence-electron chi connectivity index (χ3n) is 13.3. The first-order chi connectivity index (χ1) is 35.2. The van der Waals surface area contributed by atoms with E-state index in [4.69, 9.17) is 0 Å². The van der Waals surface area contributed by atoms with Crippen molar-refractivity contribution in [2.24, 2.45) is 0 Å². The van der Waals surface area contributed by atoms with Crippen molar-refractivity contribution in [2.45, 2.75) is 258 Å². The van der Waals surface area contributed by atoms with Crippen molar-refractivity contribution in [1.82, 2.24) is 14.7 Å². The molecule has 0 bridgehead atoms. The van der Waals surface area contributed by atoms with Gasteiger partial charge in [0.1, 0.15) is 0 Å². The maximum atomic E-state index is 11.2. The van der Waals surface area contributed by atoms with Crippen molar-refractivity contribution in [1.29, 1.82) is 0 Å². The molecule has 4 unspecified atom stereocenters. The molecule has 0 aromatic carbocycles. The van der Waals surface area contributed by atoms with Gasteiger partial charge in [-0.05, 0) is 135 Å². The number of hydrogen-bond donors (Lipinski definition) is 4. The lowest BCUT2D eigenvalue weighted by atomic mass is 10.1. The van der Waals surface area contributed by atoms with Gasteiger partial charge in [-0.25, -0.2) is 0 Å². The summed E-state index contributed by atoms with van der Waals surface area (Å²) in [4.78, 5) is 6.93. The molecule has 0 aliphatic heterocycles. The second kappa shape index (κ2) is 56.4. The highest BCUT2D eigenvalue weighted by molar-refractivity contribution is 4.95. The van der Waals surface area contributed by atoms with E-state index in [0.717, 1.165) is 206 Å². The van der Waals surface area contributed by atoms with E-state index >= 15 is 0 Å². The zero-order chi connectivity index (χ0) is 52.6. The average molecular weight is 1010 g/mol. The lowest BCUT2D eigenvalue weighted by Gasteiger charge is -2.31. The molecule has 0 aliphatic carbocycles. The molecule has 0 amide bonds. The lowest BCUT2D eigenvalue weighted by molar-refractivity contribution is 0.0492. The molecular weight excluding hydrogens is 887 g/mol. The summed E-state index contributed by atoms with van der Waals surface area (Å²) in [6.45, 7) is 14.4. The number of aliphatic hydroxyl groups excluding tert-OH is 4. The highest BCUT2D eigenvalue weighted by Crippen LogP contribution is 2.14. The van der Waals surface area contributed by atoms with Gasteiger partial charge in [-0.3, -0.25) is 9.80 Å². The Kier molecular flexibility index (Phi) is 54.5. The third kappa shape index (κ3) is 52.5. The molecule has 0 saturated carbocycles. The molecule has 0 spiro atoms. The zero-order valence-corrected chi connectivity index (χ0v) is 48.0. The fourth-order valence-electron chi connectivity index (χ4n) is 8.78. The molecule has 7 heteroatoms. The lowest BCUT2D eigenvalue weighted by Crippen LogP contribution is -2.44. The van der Waals surface area contributed by atoms with Crippen LogP contribution in [0.15, 0.2) is 97.2 Å². The molecule has 0 fully saturated rings. The van der Waals surface area contributed by atoms with E-state index in [9.17, 15) is 20.4 Å². The quantitative estimate of drug-likeness (QED) is 0.0356. The summed E-state index contributed by atoms with van der Waals surface area (Å²) in [7, 11) is 2.16. The van der Waals surface area contributed by atoms with Crippen LogP contribution >= 0.6 is 0 Å². The number of nitrogens with zero attached hydrogens (tertiary/aromatic N) is 3. The first kappa shape index (κ1) is 69.6. The molecule has 0 radical (unpaired) electrons. The maximum Gasteiger partial charge on any atom is 0.0667 e. The summed E-state index contributed by atoms with van der Waals surface area (Å²) < 4.78 is 0. The monoisotopic (exact) mass is 1010 g/mol. The van der Waals surface area contributed by atoms with E-state index in [1.807, 2.05) is 0 Å². The standard InChI is InChI=1S/C65H119N3O4/c1-6-10-14-18-22-26-30-34-38-42-46-50-62(69)58-67(59-63(70)51-47-43-39-35-31-27-23-19-15-11-7-2)56-54-66(5)55-57-68(60-64(71)52-48-44-40-36-32-28-24-20-16-12-8-3)61-65(72)53-49-45-41-37-33-29-25-21-17-13-9-4/h14-21,26-33,62-65,69-72H,6-13,22-25,34-61H2,1-5H3/b18-14-,19-15-,20-16-,21-17-,30-26-,31-27-,32-28-,33-29-. The van der Waals surface area contributed by atoms with Crippen molar-refractivity contribution in [2.75, 3.05) is 59.4 Å². The molecule has 0 aromatic rings. The van der Waals surface area contributed by atoms with E-state index < -0.39 is 24.4 Å². The average Bonchev–Trinajstić information content (AvgIpc) is 3.36. The zero-order valence-electron chi connectivity index (χ0n) is 48.0. The van der Waals surface area contributed by atoms with Crippen LogP contribution < -0.4 is 0 Å². The first-order valence-corrected chi connectivity index (χ1v) is 30.3. The molecule has 418 valence electrons. The maximum absolute atomic E-state index is 11.2. The van der Waals surface area contributed by atoms with Gasteiger partial charge >= 0.3 is 0 Å². The summed E-state index contributed by atoms with van der Waals surface area (Å²) in [5, 5.41) is 45.0. The number of allylic oxidation sites excluding steroid dienone is 16. The molecular formula is C65H119N3O4. The van der Waals surface area contributed by atoms with Crippen LogP contribution in [0.2, 0.25) is 0 Å². The van der Waals surface area contributed by atoms with Crippen LogP contribution in [0.4, 0.5) is 0 Å². The Bertz CT molecular complexity index is 1160. The number of likely N-dealkylation sites (N-methyl/N-ethyl adjacent to an activating group) is 1. The second-order valence-corrected chi connectivity index (χ2v) is 20.9. The minimum Gasteiger partial charge on any atom is -0.392 e. The summed E-state index contributed by atoms with van der Waals surface area (Å²) in [6, 6.07) is 0. The van der Waals surface area contributed by atoms with Gasteiger partial charge in [0.25, 0.3) is 0 Å². The van der Waals surface area contributed by atoms with E-state index in [2.05, 4.69) is 147 Å². The molecule has 0 rings (SSSR count). The Balaban J connectivity index is 5.35. The SMILES string of the molecule is CCC/C=C\C/C=C\CCCCCC(O)CN(CCN(C)CCN(CC(O)CCCCC/C=C\C/C=C\CCC)CC(O)CCCCC/C=C\C/C=C\CCC)CC(O)CCCCC/C=C\C/C=C\CCC. The number of aliphatic hydroxyl groups is 4. The number of rotatable bonds is 54. The fraction of sp³-hybridized carbons (Fsp3) is 0.754. The van der Waals surface area contributed by atoms with Gasteiger partial charge in [0, 0.05) is 52.4 Å². The highest BCUT2D eigenvalue weighted by Gasteiger charge is 2.19. The van der Waals surface area contributed by atoms with Crippen LogP contribution in [0.3, 0.4) is 0 Å². The van der Waals surface area contributed by atoms with Gasteiger partial charge in [-0.2, -0.15) is 0 Å². The van der Waals surface area contributed by atoms with Gasteiger partial charge in [-0.1, -0.05) is 202 Å². The fourth-order valence-corrected chi connectivity index (χ4v) is 8.78. The molecule has 4 N–H and O–H groups in total. The molecule has 0 aromatic heterocycles. The van der Waals surface area contributed by atoms with E-state index in [0.29, 0.717) is 26.2 Å². The Morgan fingerprint density at radius 3 is 0.722 bits per heavy atom. The van der Waals surface area contributed by atoms with E-state index in [1.54, 1.807) is 0 Å². The van der Waals surface area contributed by atoms with Gasteiger partial charge in [-0.15, -0.1) is 0 Å². The van der Waals surface area contributed by atoms with Crippen LogP contribution in [0.1, 0.15) is 233 Å². The predicted molar refractivity (Wildman–Crippen MR) is 318 cm³/mol. The molecule has 72 heavy (non-hydrogen) atoms. The predicted octanol–water partition coefficient (Wildman–Crippen LogP) is 16.0. The highest BCUT2D eigenvalue weighted by atomic mass is 16.3. The van der Waals surface area contributed by atoms with Crippen LogP contribution in [-0.2, 0) is 0 Å². The minimum atomic E-state index is -0.410. The topological polar surface area (TPSA) is 90.6 Å². The van der Waals surface area contributed by atoms with Crippen LogP contribution in [0, 0.1) is 0 Å². The normalized spacial score (nSPS) is 14.7. The van der Waals surface area contributed by atoms with Crippen molar-refractivity contribution < 1.29 is 20.4 Å². The molecule has 7 nitrogen and oxygen atoms in total. The van der Waals surface area contributed by atoms with Crippen LogP contribution in [0.25, 0.3) is 0 Å². The Labute approximate surface area is 447 Å². The summed E-state index contributed by atoms with van der Waals surface area (Å²) in [5.41, 5.74) is 0. The molecule has 0 aliphatic rings. The second-order valence-electron chi connectivity index (χ2n) is 20.9. The Morgan fingerprint density at radius 1 is 0.278 bits per heavy atom. The van der Waals surface area contributed by atoms with Gasteiger partial charge in [0.2, 0.25) is 0 Å². The number of hydrogen-bond acceptors (Lipinski definition) is 7. The first-order valence-electron chi connectivity index (χ1n) is 30.3. The van der Waals surface area contributed by atoms with E-state index in [1.165, 1.54) is 25.7 Å². The van der Waals surface area contributed by atoms with Gasteiger partial charge < -0.3 is 25.3 Å². The Morgan fingerprint density at radius 2 is 0.500 bits per heavy atom. The third-order valence-corrected chi connectivity index (χ3v) is 13.3. The van der Waals surface area contributed by atoms with Crippen LogP contribution in [0.5, 0.6) is 0 Å². The van der Waals surface area contributed by atoms with Crippen LogP contribution in [-0.4, -0.2) is 119 Å². The largest absolute Gasteiger partial charge is 0.392 e. The summed E-state index contributed by atoms with van der Waals surface area (Å²) in [5.74, 6) is 0. The van der Waals surface area contributed by atoms with Gasteiger partial charge in [0.15, 0.2) is 0 Å². The molecule has 0 saturated heterocycles. The smallest absolute Gasteiger partial charge is 0.0667 e. The Hall–Kier alpha value is -2.36. The number of unbranched alkanes of at least 4 members (excludes halogenated alkanes) is 16.